The lowest BCUT2D eigenvalue weighted by atomic mass is 9.96. The number of benzene rings is 1. The SMILES string of the molecule is O=C(Nc1ccccc1)[C@H]1CCCN(C(=O)c2ccc(=O)[nH]n2)C1. The summed E-state index contributed by atoms with van der Waals surface area (Å²) in [7, 11) is 0. The highest BCUT2D eigenvalue weighted by atomic mass is 16.2. The maximum atomic E-state index is 12.4. The van der Waals surface area contributed by atoms with Gasteiger partial charge in [-0.15, -0.1) is 0 Å². The minimum absolute atomic E-state index is 0.0897. The van der Waals surface area contributed by atoms with E-state index in [0.717, 1.165) is 18.5 Å². The van der Waals surface area contributed by atoms with Crippen molar-refractivity contribution in [3.63, 3.8) is 0 Å². The molecule has 0 bridgehead atoms. The van der Waals surface area contributed by atoms with Crippen molar-refractivity contribution in [1.29, 1.82) is 0 Å². The summed E-state index contributed by atoms with van der Waals surface area (Å²) in [6.07, 6.45) is 1.49. The molecule has 0 unspecified atom stereocenters. The molecule has 1 saturated heterocycles. The number of nitrogens with zero attached hydrogens (tertiary/aromatic N) is 2. The van der Waals surface area contributed by atoms with Crippen molar-refractivity contribution >= 4 is 17.5 Å². The van der Waals surface area contributed by atoms with E-state index >= 15 is 0 Å². The summed E-state index contributed by atoms with van der Waals surface area (Å²) in [5.41, 5.74) is 0.567. The fourth-order valence-electron chi connectivity index (χ4n) is 2.77. The molecule has 0 spiro atoms. The number of hydrogen-bond donors (Lipinski definition) is 2. The van der Waals surface area contributed by atoms with Crippen LogP contribution in [0.25, 0.3) is 0 Å². The molecule has 0 aliphatic carbocycles. The number of carbonyl (C=O) groups is 2. The van der Waals surface area contributed by atoms with Crippen molar-refractivity contribution in [2.75, 3.05) is 18.4 Å². The summed E-state index contributed by atoms with van der Waals surface area (Å²) in [5.74, 6) is -0.623. The number of amides is 2. The highest BCUT2D eigenvalue weighted by molar-refractivity contribution is 5.95. The minimum atomic E-state index is -0.356. The van der Waals surface area contributed by atoms with Gasteiger partial charge in [-0.05, 0) is 31.0 Å². The van der Waals surface area contributed by atoms with Crippen molar-refractivity contribution in [2.24, 2.45) is 5.92 Å². The molecule has 1 aromatic heterocycles. The monoisotopic (exact) mass is 326 g/mol. The molecule has 0 saturated carbocycles. The minimum Gasteiger partial charge on any atom is -0.336 e. The molecule has 1 aliphatic rings. The zero-order valence-corrected chi connectivity index (χ0v) is 13.1. The Hall–Kier alpha value is -2.96. The quantitative estimate of drug-likeness (QED) is 0.888. The molecule has 124 valence electrons. The predicted molar refractivity (Wildman–Crippen MR) is 88.6 cm³/mol. The van der Waals surface area contributed by atoms with E-state index in [9.17, 15) is 14.4 Å². The molecule has 1 aliphatic heterocycles. The molecular weight excluding hydrogens is 308 g/mol. The van der Waals surface area contributed by atoms with E-state index in [1.54, 1.807) is 4.90 Å². The Bertz CT molecular complexity index is 767. The number of piperidine rings is 1. The smallest absolute Gasteiger partial charge is 0.274 e. The van der Waals surface area contributed by atoms with Gasteiger partial charge in [-0.3, -0.25) is 14.4 Å². The molecule has 1 fully saturated rings. The summed E-state index contributed by atoms with van der Waals surface area (Å²) >= 11 is 0. The van der Waals surface area contributed by atoms with Gasteiger partial charge in [-0.2, -0.15) is 5.10 Å². The van der Waals surface area contributed by atoms with Crippen LogP contribution in [0, 0.1) is 5.92 Å². The van der Waals surface area contributed by atoms with Crippen LogP contribution in [-0.2, 0) is 4.79 Å². The van der Waals surface area contributed by atoms with Crippen molar-refractivity contribution < 1.29 is 9.59 Å². The first kappa shape index (κ1) is 15.9. The van der Waals surface area contributed by atoms with Crippen LogP contribution >= 0.6 is 0 Å². The fourth-order valence-corrected chi connectivity index (χ4v) is 2.77. The second-order valence-corrected chi connectivity index (χ2v) is 5.75. The Morgan fingerprint density at radius 3 is 2.67 bits per heavy atom. The zero-order valence-electron chi connectivity index (χ0n) is 13.1. The number of aromatic amines is 1. The van der Waals surface area contributed by atoms with Crippen LogP contribution in [0.15, 0.2) is 47.3 Å². The zero-order chi connectivity index (χ0) is 16.9. The molecule has 1 aromatic carbocycles. The number of rotatable bonds is 3. The number of anilines is 1. The van der Waals surface area contributed by atoms with Gasteiger partial charge < -0.3 is 10.2 Å². The van der Waals surface area contributed by atoms with Crippen LogP contribution in [-0.4, -0.2) is 40.0 Å². The van der Waals surface area contributed by atoms with E-state index in [2.05, 4.69) is 15.5 Å². The molecule has 0 radical (unpaired) electrons. The van der Waals surface area contributed by atoms with E-state index < -0.39 is 0 Å². The summed E-state index contributed by atoms with van der Waals surface area (Å²) in [5, 5.41) is 8.89. The number of H-pyrrole nitrogens is 1. The number of carbonyl (C=O) groups excluding carboxylic acids is 2. The first-order valence-electron chi connectivity index (χ1n) is 7.84. The maximum Gasteiger partial charge on any atom is 0.274 e. The summed E-state index contributed by atoms with van der Waals surface area (Å²) in [6.45, 7) is 0.924. The Labute approximate surface area is 138 Å². The first-order chi connectivity index (χ1) is 11.6. The number of likely N-dealkylation sites (tertiary alicyclic amines) is 1. The Morgan fingerprint density at radius 2 is 1.96 bits per heavy atom. The van der Waals surface area contributed by atoms with Crippen LogP contribution in [0.1, 0.15) is 23.3 Å². The van der Waals surface area contributed by atoms with Crippen molar-refractivity contribution in [2.45, 2.75) is 12.8 Å². The fraction of sp³-hybridized carbons (Fsp3) is 0.294. The second-order valence-electron chi connectivity index (χ2n) is 5.75. The normalized spacial score (nSPS) is 17.3. The Kier molecular flexibility index (Phi) is 4.69. The largest absolute Gasteiger partial charge is 0.336 e. The first-order valence-corrected chi connectivity index (χ1v) is 7.84. The van der Waals surface area contributed by atoms with Crippen molar-refractivity contribution in [3.8, 4) is 0 Å². The van der Waals surface area contributed by atoms with E-state index in [-0.39, 0.29) is 29.0 Å². The van der Waals surface area contributed by atoms with Crippen molar-refractivity contribution in [1.82, 2.24) is 15.1 Å². The molecule has 3 rings (SSSR count). The van der Waals surface area contributed by atoms with Gasteiger partial charge in [-0.1, -0.05) is 18.2 Å². The van der Waals surface area contributed by atoms with Crippen molar-refractivity contribution in [3.05, 3.63) is 58.5 Å². The molecule has 2 aromatic rings. The van der Waals surface area contributed by atoms with Gasteiger partial charge in [0.05, 0.1) is 5.92 Å². The highest BCUT2D eigenvalue weighted by Crippen LogP contribution is 2.20. The van der Waals surface area contributed by atoms with Gasteiger partial charge in [-0.25, -0.2) is 5.10 Å². The van der Waals surface area contributed by atoms with E-state index in [1.165, 1.54) is 12.1 Å². The number of nitrogens with one attached hydrogen (secondary N) is 2. The van der Waals surface area contributed by atoms with Gasteiger partial charge in [0, 0.05) is 24.8 Å². The van der Waals surface area contributed by atoms with Gasteiger partial charge in [0.1, 0.15) is 5.69 Å². The van der Waals surface area contributed by atoms with Crippen LogP contribution in [0.5, 0.6) is 0 Å². The van der Waals surface area contributed by atoms with Gasteiger partial charge >= 0.3 is 0 Å². The standard InChI is InChI=1S/C17H18N4O3/c22-15-9-8-14(19-20-15)17(24)21-10-4-5-12(11-21)16(23)18-13-6-2-1-3-7-13/h1-3,6-9,12H,4-5,10-11H2,(H,18,23)(H,20,22)/t12-/m0/s1. The summed E-state index contributed by atoms with van der Waals surface area (Å²) in [6, 6.07) is 11.9. The average Bonchev–Trinajstić information content (AvgIpc) is 2.63. The lowest BCUT2D eigenvalue weighted by molar-refractivity contribution is -0.121. The predicted octanol–water partition coefficient (Wildman–Crippen LogP) is 1.26. The third-order valence-electron chi connectivity index (χ3n) is 4.02. The Morgan fingerprint density at radius 1 is 1.17 bits per heavy atom. The molecule has 7 heteroatoms. The molecular formula is C17H18N4O3. The van der Waals surface area contributed by atoms with Crippen LogP contribution in [0.4, 0.5) is 5.69 Å². The summed E-state index contributed by atoms with van der Waals surface area (Å²) < 4.78 is 0. The lowest BCUT2D eigenvalue weighted by Gasteiger charge is -2.31. The molecule has 7 nitrogen and oxygen atoms in total. The highest BCUT2D eigenvalue weighted by Gasteiger charge is 2.29. The molecule has 2 N–H and O–H groups in total. The average molecular weight is 326 g/mol. The van der Waals surface area contributed by atoms with Gasteiger partial charge in [0.15, 0.2) is 0 Å². The van der Waals surface area contributed by atoms with Crippen LogP contribution in [0.2, 0.25) is 0 Å². The number of hydrogen-bond acceptors (Lipinski definition) is 4. The van der Waals surface area contributed by atoms with Crippen LogP contribution < -0.4 is 10.9 Å². The third-order valence-corrected chi connectivity index (χ3v) is 4.02. The van der Waals surface area contributed by atoms with Gasteiger partial charge in [0.2, 0.25) is 5.91 Å². The topological polar surface area (TPSA) is 95.2 Å². The summed E-state index contributed by atoms with van der Waals surface area (Å²) in [4.78, 5) is 37.5. The van der Waals surface area contributed by atoms with Gasteiger partial charge in [0.25, 0.3) is 11.5 Å². The molecule has 2 heterocycles. The number of aromatic nitrogens is 2. The third kappa shape index (κ3) is 3.68. The molecule has 1 atom stereocenters. The lowest BCUT2D eigenvalue weighted by Crippen LogP contribution is -2.44. The molecule has 24 heavy (non-hydrogen) atoms. The van der Waals surface area contributed by atoms with E-state index in [1.807, 2.05) is 30.3 Å². The van der Waals surface area contributed by atoms with E-state index in [4.69, 9.17) is 0 Å². The second kappa shape index (κ2) is 7.08. The Balaban J connectivity index is 1.65. The molecule has 2 amide bonds. The van der Waals surface area contributed by atoms with Crippen LogP contribution in [0.3, 0.4) is 0 Å². The van der Waals surface area contributed by atoms with E-state index in [0.29, 0.717) is 13.1 Å². The number of para-hydroxylation sites is 1. The maximum absolute atomic E-state index is 12.4.